The summed E-state index contributed by atoms with van der Waals surface area (Å²) in [7, 11) is 0. The van der Waals surface area contributed by atoms with Crippen LogP contribution >= 0.6 is 0 Å². The molecular weight excluding hydrogens is 351 g/mol. The SMILES string of the molecule is CCOCCOc1ccccc1C(=O)Nc1ccc(OC(F)(F)F)cc1. The van der Waals surface area contributed by atoms with Crippen LogP contribution in [-0.4, -0.2) is 32.1 Å². The van der Waals surface area contributed by atoms with E-state index in [1.807, 2.05) is 6.92 Å². The first-order chi connectivity index (χ1) is 12.4. The molecule has 0 saturated carbocycles. The molecule has 0 radical (unpaired) electrons. The fraction of sp³-hybridized carbons (Fsp3) is 0.278. The van der Waals surface area contributed by atoms with Crippen LogP contribution in [0.2, 0.25) is 0 Å². The maximum absolute atomic E-state index is 12.4. The van der Waals surface area contributed by atoms with Gasteiger partial charge in [-0.15, -0.1) is 13.2 Å². The minimum atomic E-state index is -4.76. The number of carbonyl (C=O) groups is 1. The van der Waals surface area contributed by atoms with Crippen molar-refractivity contribution in [2.45, 2.75) is 13.3 Å². The predicted octanol–water partition coefficient (Wildman–Crippen LogP) is 4.25. The molecule has 0 aliphatic carbocycles. The normalized spacial score (nSPS) is 11.1. The van der Waals surface area contributed by atoms with Gasteiger partial charge in [0.2, 0.25) is 0 Å². The number of hydrogen-bond acceptors (Lipinski definition) is 4. The number of alkyl halides is 3. The predicted molar refractivity (Wildman–Crippen MR) is 89.5 cm³/mol. The molecule has 1 N–H and O–H groups in total. The van der Waals surface area contributed by atoms with Gasteiger partial charge in [-0.1, -0.05) is 12.1 Å². The largest absolute Gasteiger partial charge is 0.573 e. The van der Waals surface area contributed by atoms with Crippen LogP contribution in [0.15, 0.2) is 48.5 Å². The summed E-state index contributed by atoms with van der Waals surface area (Å²) >= 11 is 0. The fourth-order valence-electron chi connectivity index (χ4n) is 2.07. The van der Waals surface area contributed by atoms with Gasteiger partial charge in [0.15, 0.2) is 0 Å². The van der Waals surface area contributed by atoms with E-state index in [0.29, 0.717) is 36.8 Å². The number of halogens is 3. The van der Waals surface area contributed by atoms with Gasteiger partial charge in [0.05, 0.1) is 12.2 Å². The zero-order valence-electron chi connectivity index (χ0n) is 14.0. The summed E-state index contributed by atoms with van der Waals surface area (Å²) < 4.78 is 51.0. The summed E-state index contributed by atoms with van der Waals surface area (Å²) in [6.45, 7) is 3.13. The molecule has 8 heteroatoms. The summed E-state index contributed by atoms with van der Waals surface area (Å²) in [5.74, 6) is -0.418. The van der Waals surface area contributed by atoms with Crippen LogP contribution in [0, 0.1) is 0 Å². The maximum atomic E-state index is 12.4. The Balaban J connectivity index is 2.01. The lowest BCUT2D eigenvalue weighted by Crippen LogP contribution is -2.17. The number of carbonyl (C=O) groups excluding carboxylic acids is 1. The summed E-state index contributed by atoms with van der Waals surface area (Å²) in [5, 5.41) is 2.60. The summed E-state index contributed by atoms with van der Waals surface area (Å²) in [6.07, 6.45) is -4.76. The van der Waals surface area contributed by atoms with Gasteiger partial charge in [-0.2, -0.15) is 0 Å². The second kappa shape index (κ2) is 9.10. The Morgan fingerprint density at radius 3 is 2.38 bits per heavy atom. The van der Waals surface area contributed by atoms with Crippen LogP contribution in [0.1, 0.15) is 17.3 Å². The van der Waals surface area contributed by atoms with Crippen LogP contribution in [0.4, 0.5) is 18.9 Å². The van der Waals surface area contributed by atoms with Crippen molar-refractivity contribution >= 4 is 11.6 Å². The van der Waals surface area contributed by atoms with Gasteiger partial charge in [-0.25, -0.2) is 0 Å². The lowest BCUT2D eigenvalue weighted by molar-refractivity contribution is -0.274. The van der Waals surface area contributed by atoms with Crippen molar-refractivity contribution < 1.29 is 32.2 Å². The van der Waals surface area contributed by atoms with Gasteiger partial charge < -0.3 is 19.5 Å². The number of rotatable bonds is 8. The number of anilines is 1. The Morgan fingerprint density at radius 1 is 1.04 bits per heavy atom. The molecule has 2 aromatic rings. The minimum absolute atomic E-state index is 0.293. The fourth-order valence-corrected chi connectivity index (χ4v) is 2.07. The van der Waals surface area contributed by atoms with Crippen LogP contribution in [-0.2, 0) is 4.74 Å². The van der Waals surface area contributed by atoms with Gasteiger partial charge in [-0.05, 0) is 43.3 Å². The number of ether oxygens (including phenoxy) is 3. The third kappa shape index (κ3) is 6.29. The molecule has 0 spiro atoms. The third-order valence-corrected chi connectivity index (χ3v) is 3.17. The standard InChI is InChI=1S/C18H18F3NO4/c1-2-24-11-12-25-16-6-4-3-5-15(16)17(23)22-13-7-9-14(10-8-13)26-18(19,20)21/h3-10H,2,11-12H2,1H3,(H,22,23). The molecule has 140 valence electrons. The Kier molecular flexibility index (Phi) is 6.85. The van der Waals surface area contributed by atoms with Crippen LogP contribution in [0.5, 0.6) is 11.5 Å². The van der Waals surface area contributed by atoms with Gasteiger partial charge in [0, 0.05) is 12.3 Å². The highest BCUT2D eigenvalue weighted by Gasteiger charge is 2.30. The molecule has 2 aromatic carbocycles. The molecule has 0 fully saturated rings. The first kappa shape index (κ1) is 19.6. The Hall–Kier alpha value is -2.74. The number of hydrogen-bond donors (Lipinski definition) is 1. The number of amides is 1. The van der Waals surface area contributed by atoms with Crippen molar-refractivity contribution in [2.24, 2.45) is 0 Å². The van der Waals surface area contributed by atoms with Gasteiger partial charge in [0.1, 0.15) is 18.1 Å². The molecule has 0 aliphatic heterocycles. The molecule has 0 bridgehead atoms. The zero-order chi connectivity index (χ0) is 19.0. The molecule has 0 saturated heterocycles. The van der Waals surface area contributed by atoms with Crippen LogP contribution < -0.4 is 14.8 Å². The number of nitrogens with one attached hydrogen (secondary N) is 1. The number of benzene rings is 2. The zero-order valence-corrected chi connectivity index (χ0v) is 14.0. The minimum Gasteiger partial charge on any atom is -0.490 e. The molecular formula is C18H18F3NO4. The van der Waals surface area contributed by atoms with Crippen molar-refractivity contribution in [3.05, 3.63) is 54.1 Å². The summed E-state index contributed by atoms with van der Waals surface area (Å²) in [4.78, 5) is 12.4. The van der Waals surface area contributed by atoms with E-state index in [9.17, 15) is 18.0 Å². The van der Waals surface area contributed by atoms with E-state index in [-0.39, 0.29) is 5.75 Å². The topological polar surface area (TPSA) is 56.8 Å². The summed E-state index contributed by atoms with van der Waals surface area (Å²) in [6, 6.07) is 11.5. The Morgan fingerprint density at radius 2 is 1.73 bits per heavy atom. The quantitative estimate of drug-likeness (QED) is 0.707. The van der Waals surface area contributed by atoms with E-state index in [1.165, 1.54) is 12.1 Å². The van der Waals surface area contributed by atoms with E-state index < -0.39 is 12.3 Å². The van der Waals surface area contributed by atoms with Gasteiger partial charge >= 0.3 is 6.36 Å². The average Bonchev–Trinajstić information content (AvgIpc) is 2.59. The lowest BCUT2D eigenvalue weighted by atomic mass is 10.2. The average molecular weight is 369 g/mol. The molecule has 0 heterocycles. The van der Waals surface area contributed by atoms with Crippen molar-refractivity contribution in [2.75, 3.05) is 25.1 Å². The van der Waals surface area contributed by atoms with Crippen LogP contribution in [0.25, 0.3) is 0 Å². The van der Waals surface area contributed by atoms with E-state index in [0.717, 1.165) is 12.1 Å². The second-order valence-corrected chi connectivity index (χ2v) is 5.07. The maximum Gasteiger partial charge on any atom is 0.573 e. The summed E-state index contributed by atoms with van der Waals surface area (Å²) in [5.41, 5.74) is 0.633. The van der Waals surface area contributed by atoms with Crippen molar-refractivity contribution in [3.8, 4) is 11.5 Å². The molecule has 0 unspecified atom stereocenters. The van der Waals surface area contributed by atoms with E-state index in [2.05, 4.69) is 10.1 Å². The van der Waals surface area contributed by atoms with Crippen molar-refractivity contribution in [1.29, 1.82) is 0 Å². The van der Waals surface area contributed by atoms with Gasteiger partial charge in [0.25, 0.3) is 5.91 Å². The highest BCUT2D eigenvalue weighted by atomic mass is 19.4. The molecule has 2 rings (SSSR count). The Labute approximate surface area is 148 Å². The molecule has 1 amide bonds. The molecule has 5 nitrogen and oxygen atoms in total. The molecule has 0 atom stereocenters. The van der Waals surface area contributed by atoms with E-state index >= 15 is 0 Å². The third-order valence-electron chi connectivity index (χ3n) is 3.17. The van der Waals surface area contributed by atoms with Crippen molar-refractivity contribution in [3.63, 3.8) is 0 Å². The smallest absolute Gasteiger partial charge is 0.490 e. The first-order valence-corrected chi connectivity index (χ1v) is 7.86. The molecule has 26 heavy (non-hydrogen) atoms. The highest BCUT2D eigenvalue weighted by molar-refractivity contribution is 6.06. The van der Waals surface area contributed by atoms with E-state index in [1.54, 1.807) is 24.3 Å². The van der Waals surface area contributed by atoms with Crippen LogP contribution in [0.3, 0.4) is 0 Å². The second-order valence-electron chi connectivity index (χ2n) is 5.07. The van der Waals surface area contributed by atoms with Gasteiger partial charge in [-0.3, -0.25) is 4.79 Å². The van der Waals surface area contributed by atoms with Crippen molar-refractivity contribution in [1.82, 2.24) is 0 Å². The number of para-hydroxylation sites is 1. The lowest BCUT2D eigenvalue weighted by Gasteiger charge is -2.12. The Bertz CT molecular complexity index is 717. The highest BCUT2D eigenvalue weighted by Crippen LogP contribution is 2.25. The molecule has 0 aliphatic rings. The molecule has 0 aromatic heterocycles. The monoisotopic (exact) mass is 369 g/mol. The first-order valence-electron chi connectivity index (χ1n) is 7.86. The van der Waals surface area contributed by atoms with E-state index in [4.69, 9.17) is 9.47 Å².